The Hall–Kier alpha value is -1.05. The Balaban J connectivity index is 3.55. The number of benzene rings is 1. The van der Waals surface area contributed by atoms with Gasteiger partial charge in [-0.3, -0.25) is 0 Å². The Bertz CT molecular complexity index is 492. The predicted molar refractivity (Wildman–Crippen MR) is 76.9 cm³/mol. The van der Waals surface area contributed by atoms with Gasteiger partial charge in [-0.15, -0.1) is 0 Å². The quantitative estimate of drug-likeness (QED) is 0.925. The van der Waals surface area contributed by atoms with Crippen LogP contribution >= 0.6 is 15.9 Å². The molecule has 1 aromatic rings. The van der Waals surface area contributed by atoms with Crippen molar-refractivity contribution >= 4 is 15.9 Å². The van der Waals surface area contributed by atoms with Crippen LogP contribution in [0.2, 0.25) is 0 Å². The van der Waals surface area contributed by atoms with Crippen molar-refractivity contribution in [2.75, 3.05) is 14.2 Å². The molecule has 0 aliphatic rings. The van der Waals surface area contributed by atoms with Gasteiger partial charge in [0, 0.05) is 16.1 Å². The van der Waals surface area contributed by atoms with E-state index in [2.05, 4.69) is 41.2 Å². The molecule has 0 aliphatic heterocycles. The van der Waals surface area contributed by atoms with E-state index in [0.29, 0.717) is 6.42 Å². The molecule has 0 spiro atoms. The maximum atomic E-state index is 8.93. The molecule has 0 saturated carbocycles. The molecule has 0 aliphatic carbocycles. The highest BCUT2D eigenvalue weighted by atomic mass is 79.9. The first-order valence-corrected chi connectivity index (χ1v) is 6.66. The van der Waals surface area contributed by atoms with Crippen LogP contribution in [0.15, 0.2) is 4.47 Å². The Morgan fingerprint density at radius 2 is 1.89 bits per heavy atom. The molecule has 4 heteroatoms. The Kier molecular flexibility index (Phi) is 5.18. The first kappa shape index (κ1) is 15.0. The summed E-state index contributed by atoms with van der Waals surface area (Å²) in [5.41, 5.74) is 4.49. The monoisotopic (exact) mass is 310 g/mol. The molecule has 0 bridgehead atoms. The zero-order chi connectivity index (χ0) is 13.9. The molecule has 0 heterocycles. The molecule has 0 fully saturated rings. The molecular formula is C14H19BrN2O. The van der Waals surface area contributed by atoms with E-state index in [0.717, 1.165) is 26.9 Å². The van der Waals surface area contributed by atoms with Crippen molar-refractivity contribution in [2.24, 2.45) is 0 Å². The minimum absolute atomic E-state index is 0.0134. The molecule has 3 nitrogen and oxygen atoms in total. The second-order valence-electron chi connectivity index (χ2n) is 4.34. The summed E-state index contributed by atoms with van der Waals surface area (Å²) in [7, 11) is 3.54. The molecule has 1 N–H and O–H groups in total. The van der Waals surface area contributed by atoms with E-state index >= 15 is 0 Å². The van der Waals surface area contributed by atoms with Crippen LogP contribution in [0.4, 0.5) is 0 Å². The van der Waals surface area contributed by atoms with Gasteiger partial charge in [0.2, 0.25) is 0 Å². The third-order valence-corrected chi connectivity index (χ3v) is 4.60. The first-order valence-electron chi connectivity index (χ1n) is 5.86. The number of ether oxygens (including phenoxy) is 1. The van der Waals surface area contributed by atoms with E-state index in [1.54, 1.807) is 7.11 Å². The third kappa shape index (κ3) is 2.52. The van der Waals surface area contributed by atoms with Gasteiger partial charge in [-0.25, -0.2) is 0 Å². The van der Waals surface area contributed by atoms with E-state index in [4.69, 9.17) is 10.00 Å². The van der Waals surface area contributed by atoms with Gasteiger partial charge in [0.1, 0.15) is 5.75 Å². The normalized spacial score (nSPS) is 12.1. The van der Waals surface area contributed by atoms with Gasteiger partial charge < -0.3 is 10.1 Å². The summed E-state index contributed by atoms with van der Waals surface area (Å²) in [6, 6.07) is 2.20. The highest BCUT2D eigenvalue weighted by Gasteiger charge is 2.22. The fraction of sp³-hybridized carbons (Fsp3) is 0.500. The van der Waals surface area contributed by atoms with Gasteiger partial charge in [0.05, 0.1) is 19.6 Å². The zero-order valence-corrected chi connectivity index (χ0v) is 13.1. The molecule has 18 heavy (non-hydrogen) atoms. The van der Waals surface area contributed by atoms with Crippen molar-refractivity contribution in [2.45, 2.75) is 33.2 Å². The van der Waals surface area contributed by atoms with Gasteiger partial charge >= 0.3 is 0 Å². The van der Waals surface area contributed by atoms with Crippen molar-refractivity contribution in [3.05, 3.63) is 26.7 Å². The van der Waals surface area contributed by atoms with Gasteiger partial charge in [0.25, 0.3) is 0 Å². The van der Waals surface area contributed by atoms with Gasteiger partial charge in [-0.1, -0.05) is 15.9 Å². The number of nitrogens with one attached hydrogen (secondary N) is 1. The SMILES string of the molecule is CNC(CC#N)c1c(C)c(Br)c(C)c(C)c1OC. The second kappa shape index (κ2) is 6.21. The van der Waals surface area contributed by atoms with E-state index < -0.39 is 0 Å². The van der Waals surface area contributed by atoms with Crippen molar-refractivity contribution in [1.29, 1.82) is 5.26 Å². The Labute approximate surface area is 117 Å². The molecule has 0 saturated heterocycles. The maximum absolute atomic E-state index is 8.93. The van der Waals surface area contributed by atoms with Crippen LogP contribution in [0, 0.1) is 32.1 Å². The van der Waals surface area contributed by atoms with Crippen LogP contribution in [0.1, 0.15) is 34.7 Å². The van der Waals surface area contributed by atoms with E-state index in [-0.39, 0.29) is 6.04 Å². The number of rotatable bonds is 4. The summed E-state index contributed by atoms with van der Waals surface area (Å²) < 4.78 is 6.64. The lowest BCUT2D eigenvalue weighted by Crippen LogP contribution is -2.19. The van der Waals surface area contributed by atoms with E-state index in [1.165, 1.54) is 5.56 Å². The molecule has 1 aromatic carbocycles. The summed E-state index contributed by atoms with van der Waals surface area (Å²) in [6.07, 6.45) is 0.419. The average Bonchev–Trinajstić information content (AvgIpc) is 2.38. The van der Waals surface area contributed by atoms with Crippen LogP contribution in [0.3, 0.4) is 0 Å². The summed E-state index contributed by atoms with van der Waals surface area (Å²) >= 11 is 3.63. The number of halogens is 1. The van der Waals surface area contributed by atoms with Gasteiger partial charge in [-0.05, 0) is 44.5 Å². The maximum Gasteiger partial charge on any atom is 0.127 e. The number of hydrogen-bond acceptors (Lipinski definition) is 3. The van der Waals surface area contributed by atoms with Crippen LogP contribution in [0.5, 0.6) is 5.75 Å². The molecule has 0 amide bonds. The van der Waals surface area contributed by atoms with Crippen molar-refractivity contribution < 1.29 is 4.74 Å². The standard InChI is InChI=1S/C14H19BrN2O/c1-8-9(2)14(18-5)12(10(3)13(8)15)11(17-4)6-7-16/h11,17H,6H2,1-5H3. The van der Waals surface area contributed by atoms with E-state index in [1.807, 2.05) is 14.0 Å². The van der Waals surface area contributed by atoms with Crippen LogP contribution in [0.25, 0.3) is 0 Å². The first-order chi connectivity index (χ1) is 8.49. The largest absolute Gasteiger partial charge is 0.496 e. The molecule has 1 unspecified atom stereocenters. The number of nitriles is 1. The van der Waals surface area contributed by atoms with E-state index in [9.17, 15) is 0 Å². The molecule has 98 valence electrons. The van der Waals surface area contributed by atoms with Crippen molar-refractivity contribution in [3.8, 4) is 11.8 Å². The Morgan fingerprint density at radius 1 is 1.28 bits per heavy atom. The lowest BCUT2D eigenvalue weighted by atomic mass is 9.93. The third-order valence-electron chi connectivity index (χ3n) is 3.41. The Morgan fingerprint density at radius 3 is 2.33 bits per heavy atom. The highest BCUT2D eigenvalue weighted by Crippen LogP contribution is 2.39. The van der Waals surface area contributed by atoms with Crippen LogP contribution in [-0.4, -0.2) is 14.2 Å². The average molecular weight is 311 g/mol. The lowest BCUT2D eigenvalue weighted by Gasteiger charge is -2.23. The second-order valence-corrected chi connectivity index (χ2v) is 5.13. The molecule has 1 atom stereocenters. The number of hydrogen-bond donors (Lipinski definition) is 1. The summed E-state index contributed by atoms with van der Waals surface area (Å²) in [5, 5.41) is 12.1. The van der Waals surface area contributed by atoms with Crippen LogP contribution in [-0.2, 0) is 0 Å². The molecule has 0 aromatic heterocycles. The minimum atomic E-state index is -0.0134. The summed E-state index contributed by atoms with van der Waals surface area (Å²) in [4.78, 5) is 0. The number of nitrogens with zero attached hydrogens (tertiary/aromatic N) is 1. The molecule has 0 radical (unpaired) electrons. The fourth-order valence-corrected chi connectivity index (χ4v) is 2.74. The zero-order valence-electron chi connectivity index (χ0n) is 11.5. The van der Waals surface area contributed by atoms with Crippen molar-refractivity contribution in [1.82, 2.24) is 5.32 Å². The fourth-order valence-electron chi connectivity index (χ4n) is 2.23. The predicted octanol–water partition coefficient (Wildman–Crippen LogP) is 3.56. The number of methoxy groups -OCH3 is 1. The summed E-state index contributed by atoms with van der Waals surface area (Å²) in [5.74, 6) is 0.878. The molecule has 1 rings (SSSR count). The van der Waals surface area contributed by atoms with Crippen LogP contribution < -0.4 is 10.1 Å². The minimum Gasteiger partial charge on any atom is -0.496 e. The van der Waals surface area contributed by atoms with Crippen molar-refractivity contribution in [3.63, 3.8) is 0 Å². The van der Waals surface area contributed by atoms with Gasteiger partial charge in [-0.2, -0.15) is 5.26 Å². The summed E-state index contributed by atoms with van der Waals surface area (Å²) in [6.45, 7) is 6.16. The smallest absolute Gasteiger partial charge is 0.127 e. The molecular weight excluding hydrogens is 292 g/mol. The topological polar surface area (TPSA) is 45.0 Å². The highest BCUT2D eigenvalue weighted by molar-refractivity contribution is 9.10. The van der Waals surface area contributed by atoms with Gasteiger partial charge in [0.15, 0.2) is 0 Å². The lowest BCUT2D eigenvalue weighted by molar-refractivity contribution is 0.397.